The topological polar surface area (TPSA) is 87.6 Å². The lowest BCUT2D eigenvalue weighted by Gasteiger charge is -2.25. The highest BCUT2D eigenvalue weighted by molar-refractivity contribution is 5.89. The van der Waals surface area contributed by atoms with Crippen LogP contribution in [0.5, 0.6) is 0 Å². The number of hydrogen-bond acceptors (Lipinski definition) is 5. The second kappa shape index (κ2) is 8.55. The van der Waals surface area contributed by atoms with Gasteiger partial charge in [0.25, 0.3) is 11.4 Å². The minimum Gasteiger partial charge on any atom is -0.358 e. The molecule has 1 saturated heterocycles. The molecule has 1 fully saturated rings. The minimum absolute atomic E-state index is 0.241. The number of aliphatic imine (C=N–C) groups is 1. The van der Waals surface area contributed by atoms with E-state index < -0.39 is 0 Å². The molecule has 0 amide bonds. The van der Waals surface area contributed by atoms with Gasteiger partial charge in [0, 0.05) is 37.5 Å². The Bertz CT molecular complexity index is 1070. The number of nitrogens with one attached hydrogen (secondary N) is 1. The average Bonchev–Trinajstić information content (AvgIpc) is 3.08. The third-order valence-electron chi connectivity index (χ3n) is 5.14. The Balaban J connectivity index is 1.58. The van der Waals surface area contributed by atoms with Gasteiger partial charge in [-0.25, -0.2) is 9.38 Å². The summed E-state index contributed by atoms with van der Waals surface area (Å²) in [5, 5.41) is 2.35. The van der Waals surface area contributed by atoms with E-state index in [4.69, 9.17) is 10.3 Å². The van der Waals surface area contributed by atoms with Crippen LogP contribution in [-0.4, -0.2) is 35.5 Å². The lowest BCUT2D eigenvalue weighted by molar-refractivity contribution is 0.300. The van der Waals surface area contributed by atoms with Gasteiger partial charge in [0.05, 0.1) is 5.56 Å². The molecule has 3 aromatic rings. The second-order valence-electron chi connectivity index (χ2n) is 7.19. The lowest BCUT2D eigenvalue weighted by Crippen LogP contribution is -2.39. The first-order chi connectivity index (χ1) is 14.1. The maximum Gasteiger partial charge on any atom is 0.285 e. The molecule has 0 unspecified atom stereocenters. The largest absolute Gasteiger partial charge is 0.358 e. The maximum atomic E-state index is 14.7. The molecule has 4 rings (SSSR count). The van der Waals surface area contributed by atoms with Gasteiger partial charge in [-0.15, -0.1) is 0 Å². The fraction of sp³-hybridized carbons (Fsp3) is 0.273. The van der Waals surface area contributed by atoms with Gasteiger partial charge < -0.3 is 10.3 Å². The fourth-order valence-electron chi connectivity index (χ4n) is 3.60. The Morgan fingerprint density at radius 1 is 1.21 bits per heavy atom. The molecule has 0 aliphatic carbocycles. The van der Waals surface area contributed by atoms with Crippen LogP contribution in [0.4, 0.5) is 10.3 Å². The van der Waals surface area contributed by atoms with Crippen LogP contribution in [0.2, 0.25) is 0 Å². The highest BCUT2D eigenvalue weighted by Crippen LogP contribution is 2.26. The molecular weight excluding hydrogens is 371 g/mol. The van der Waals surface area contributed by atoms with Gasteiger partial charge in [-0.05, 0) is 30.0 Å². The fourth-order valence-corrected chi connectivity index (χ4v) is 3.60. The molecule has 0 radical (unpaired) electrons. The quantitative estimate of drug-likeness (QED) is 0.694. The van der Waals surface area contributed by atoms with Gasteiger partial charge >= 0.3 is 0 Å². The third kappa shape index (κ3) is 4.36. The van der Waals surface area contributed by atoms with Crippen LogP contribution in [0.15, 0.2) is 62.8 Å². The van der Waals surface area contributed by atoms with E-state index in [1.165, 1.54) is 6.07 Å². The zero-order chi connectivity index (χ0) is 20.2. The molecule has 1 aliphatic rings. The Kier molecular flexibility index (Phi) is 5.69. The summed E-state index contributed by atoms with van der Waals surface area (Å²) in [6.07, 6.45) is 2.04. The Morgan fingerprint density at radius 3 is 2.79 bits per heavy atom. The number of hydrogen-bond donors (Lipinski definition) is 2. The third-order valence-corrected chi connectivity index (χ3v) is 5.14. The van der Waals surface area contributed by atoms with E-state index in [-0.39, 0.29) is 23.7 Å². The molecule has 6 nitrogen and oxygen atoms in total. The molecule has 0 bridgehead atoms. The number of likely N-dealkylation sites (tertiary alicyclic amines) is 1. The van der Waals surface area contributed by atoms with Crippen molar-refractivity contribution >= 4 is 11.6 Å². The van der Waals surface area contributed by atoms with Crippen LogP contribution in [-0.2, 0) is 6.42 Å². The predicted octanol–water partition coefficient (Wildman–Crippen LogP) is 3.45. The van der Waals surface area contributed by atoms with Crippen molar-refractivity contribution in [3.05, 3.63) is 75.8 Å². The van der Waals surface area contributed by atoms with Gasteiger partial charge in [0.15, 0.2) is 0 Å². The Hall–Kier alpha value is -3.03. The van der Waals surface area contributed by atoms with E-state index in [2.05, 4.69) is 15.0 Å². The maximum absolute atomic E-state index is 14.7. The first-order valence-electron chi connectivity index (χ1n) is 9.67. The highest BCUT2D eigenvalue weighted by atomic mass is 19.1. The van der Waals surface area contributed by atoms with Crippen molar-refractivity contribution in [2.75, 3.05) is 19.8 Å². The summed E-state index contributed by atoms with van der Waals surface area (Å²) in [7, 11) is 0. The number of nitrogens with zero attached hydrogens (tertiary/aromatic N) is 2. The van der Waals surface area contributed by atoms with E-state index in [1.54, 1.807) is 6.07 Å². The number of aromatic nitrogens is 1. The SMILES string of the molecule is NCN1CCCC(=Nc2o[nH]c(=O)c2Cc2ccc(-c3ccccc3)c(F)c2)C1. The molecule has 29 heavy (non-hydrogen) atoms. The molecule has 150 valence electrons. The number of aromatic amines is 1. The van der Waals surface area contributed by atoms with Crippen molar-refractivity contribution in [1.29, 1.82) is 0 Å². The van der Waals surface area contributed by atoms with E-state index in [0.29, 0.717) is 29.9 Å². The van der Waals surface area contributed by atoms with Crippen LogP contribution < -0.4 is 11.3 Å². The number of nitrogens with two attached hydrogens (primary N) is 1. The standard InChI is InChI=1S/C22H23FN4O2/c23-20-12-15(8-9-18(20)16-5-2-1-3-6-16)11-19-21(28)26-29-22(19)25-17-7-4-10-27(13-17)14-24/h1-3,5-6,8-9,12H,4,7,10-11,13-14,24H2,(H,26,28). The van der Waals surface area contributed by atoms with Crippen molar-refractivity contribution in [3.63, 3.8) is 0 Å². The van der Waals surface area contributed by atoms with E-state index in [0.717, 1.165) is 30.7 Å². The minimum atomic E-state index is -0.344. The first kappa shape index (κ1) is 19.3. The van der Waals surface area contributed by atoms with Gasteiger partial charge in [-0.3, -0.25) is 9.69 Å². The number of benzene rings is 2. The Labute approximate surface area is 167 Å². The van der Waals surface area contributed by atoms with Crippen LogP contribution in [0.1, 0.15) is 24.0 Å². The van der Waals surface area contributed by atoms with E-state index in [9.17, 15) is 9.18 Å². The summed E-state index contributed by atoms with van der Waals surface area (Å²) in [5.41, 5.74) is 8.72. The molecule has 3 N–H and O–H groups in total. The summed E-state index contributed by atoms with van der Waals surface area (Å²) in [6, 6.07) is 14.4. The second-order valence-corrected chi connectivity index (χ2v) is 7.19. The highest BCUT2D eigenvalue weighted by Gasteiger charge is 2.18. The zero-order valence-corrected chi connectivity index (χ0v) is 16.0. The van der Waals surface area contributed by atoms with Crippen molar-refractivity contribution in [2.24, 2.45) is 10.7 Å². The number of rotatable bonds is 5. The molecule has 2 heterocycles. The number of halogens is 1. The molecule has 7 heteroatoms. The predicted molar refractivity (Wildman–Crippen MR) is 111 cm³/mol. The van der Waals surface area contributed by atoms with Gasteiger partial charge in [0.1, 0.15) is 5.82 Å². The molecular formula is C22H23FN4O2. The normalized spacial score (nSPS) is 16.4. The summed E-state index contributed by atoms with van der Waals surface area (Å²) in [5.74, 6) is -0.0660. The van der Waals surface area contributed by atoms with Crippen molar-refractivity contribution in [2.45, 2.75) is 19.3 Å². The summed E-state index contributed by atoms with van der Waals surface area (Å²) < 4.78 is 20.0. The smallest absolute Gasteiger partial charge is 0.285 e. The van der Waals surface area contributed by atoms with Crippen LogP contribution >= 0.6 is 0 Å². The van der Waals surface area contributed by atoms with Crippen LogP contribution in [0.3, 0.4) is 0 Å². The van der Waals surface area contributed by atoms with Crippen molar-refractivity contribution < 1.29 is 8.91 Å². The van der Waals surface area contributed by atoms with E-state index in [1.807, 2.05) is 36.4 Å². The summed E-state index contributed by atoms with van der Waals surface area (Å²) in [6.45, 7) is 2.06. The lowest BCUT2D eigenvalue weighted by atomic mass is 10.0. The average molecular weight is 394 g/mol. The first-order valence-corrected chi connectivity index (χ1v) is 9.67. The monoisotopic (exact) mass is 394 g/mol. The molecule has 1 aliphatic heterocycles. The van der Waals surface area contributed by atoms with Crippen molar-refractivity contribution in [3.8, 4) is 11.1 Å². The molecule has 0 atom stereocenters. The Morgan fingerprint density at radius 2 is 2.03 bits per heavy atom. The van der Waals surface area contributed by atoms with Crippen molar-refractivity contribution in [1.82, 2.24) is 10.1 Å². The zero-order valence-electron chi connectivity index (χ0n) is 16.0. The number of piperidine rings is 1. The van der Waals surface area contributed by atoms with Gasteiger partial charge in [-0.1, -0.05) is 42.5 Å². The van der Waals surface area contributed by atoms with Gasteiger partial charge in [0.2, 0.25) is 0 Å². The van der Waals surface area contributed by atoms with Gasteiger partial charge in [-0.2, -0.15) is 5.16 Å². The molecule has 2 aromatic carbocycles. The molecule has 1 aromatic heterocycles. The van der Waals surface area contributed by atoms with Crippen LogP contribution in [0, 0.1) is 5.82 Å². The van der Waals surface area contributed by atoms with Crippen LogP contribution in [0.25, 0.3) is 11.1 Å². The number of H-pyrrole nitrogens is 1. The summed E-state index contributed by atoms with van der Waals surface area (Å²) >= 11 is 0. The van der Waals surface area contributed by atoms with E-state index >= 15 is 0 Å². The molecule has 0 spiro atoms. The summed E-state index contributed by atoms with van der Waals surface area (Å²) in [4.78, 5) is 18.9. The molecule has 0 saturated carbocycles.